The molecule has 0 aliphatic carbocycles. The molecule has 2 heteroatoms. The molecule has 0 aromatic carbocycles. The molecule has 2 nitrogen and oxygen atoms in total. The van der Waals surface area contributed by atoms with Gasteiger partial charge in [0.2, 0.25) is 0 Å². The quantitative estimate of drug-likeness (QED) is 0.662. The van der Waals surface area contributed by atoms with Gasteiger partial charge in [-0.15, -0.1) is 0 Å². The Morgan fingerprint density at radius 2 is 2.08 bits per heavy atom. The molecule has 0 radical (unpaired) electrons. The third kappa shape index (κ3) is 4.10. The molecule has 0 aromatic heterocycles. The Morgan fingerprint density at radius 1 is 1.23 bits per heavy atom. The molecule has 1 N–H and O–H groups in total. The molecule has 0 bridgehead atoms. The van der Waals surface area contributed by atoms with E-state index < -0.39 is 0 Å². The first-order chi connectivity index (χ1) is 6.34. The molecule has 1 aliphatic heterocycles. The fourth-order valence-electron chi connectivity index (χ4n) is 2.09. The SMILES string of the molecule is CC1CCCCN1CCCCCO. The highest BCUT2D eigenvalue weighted by molar-refractivity contribution is 4.72. The van der Waals surface area contributed by atoms with E-state index in [9.17, 15) is 0 Å². The van der Waals surface area contributed by atoms with E-state index in [4.69, 9.17) is 5.11 Å². The van der Waals surface area contributed by atoms with Gasteiger partial charge in [-0.3, -0.25) is 0 Å². The van der Waals surface area contributed by atoms with Gasteiger partial charge in [0.1, 0.15) is 0 Å². The minimum Gasteiger partial charge on any atom is -0.396 e. The molecule has 1 rings (SSSR count). The number of aliphatic hydroxyl groups excluding tert-OH is 1. The van der Waals surface area contributed by atoms with Gasteiger partial charge < -0.3 is 10.0 Å². The van der Waals surface area contributed by atoms with Crippen molar-refractivity contribution in [2.75, 3.05) is 19.7 Å². The number of likely N-dealkylation sites (tertiary alicyclic amines) is 1. The molecule has 0 aromatic rings. The smallest absolute Gasteiger partial charge is 0.0431 e. The first-order valence-corrected chi connectivity index (χ1v) is 5.69. The van der Waals surface area contributed by atoms with Crippen molar-refractivity contribution in [3.8, 4) is 0 Å². The number of unbranched alkanes of at least 4 members (excludes halogenated alkanes) is 2. The standard InChI is InChI=1S/C11H23NO/c1-11-7-3-5-9-12(11)8-4-2-6-10-13/h11,13H,2-10H2,1H3. The first kappa shape index (κ1) is 11.0. The topological polar surface area (TPSA) is 23.5 Å². The highest BCUT2D eigenvalue weighted by Crippen LogP contribution is 2.16. The third-order valence-corrected chi connectivity index (χ3v) is 3.04. The number of rotatable bonds is 5. The summed E-state index contributed by atoms with van der Waals surface area (Å²) in [6.07, 6.45) is 7.57. The van der Waals surface area contributed by atoms with E-state index in [1.807, 2.05) is 0 Å². The minimum absolute atomic E-state index is 0.357. The summed E-state index contributed by atoms with van der Waals surface area (Å²) in [5, 5.41) is 8.64. The van der Waals surface area contributed by atoms with Crippen LogP contribution >= 0.6 is 0 Å². The summed E-state index contributed by atoms with van der Waals surface area (Å²) in [7, 11) is 0. The van der Waals surface area contributed by atoms with Crippen LogP contribution in [0.2, 0.25) is 0 Å². The summed E-state index contributed by atoms with van der Waals surface area (Å²) in [4.78, 5) is 2.60. The van der Waals surface area contributed by atoms with E-state index in [1.165, 1.54) is 45.2 Å². The molecule has 13 heavy (non-hydrogen) atoms. The third-order valence-electron chi connectivity index (χ3n) is 3.04. The molecular weight excluding hydrogens is 162 g/mol. The Labute approximate surface area is 81.9 Å². The maximum Gasteiger partial charge on any atom is 0.0431 e. The second-order valence-corrected chi connectivity index (χ2v) is 4.17. The summed E-state index contributed by atoms with van der Waals surface area (Å²) in [5.41, 5.74) is 0. The lowest BCUT2D eigenvalue weighted by Gasteiger charge is -2.33. The predicted molar refractivity (Wildman–Crippen MR) is 55.8 cm³/mol. The van der Waals surface area contributed by atoms with Crippen LogP contribution in [0.5, 0.6) is 0 Å². The van der Waals surface area contributed by atoms with E-state index in [1.54, 1.807) is 0 Å². The van der Waals surface area contributed by atoms with Crippen molar-refractivity contribution in [2.45, 2.75) is 51.5 Å². The molecule has 1 unspecified atom stereocenters. The van der Waals surface area contributed by atoms with E-state index in [0.29, 0.717) is 6.61 Å². The van der Waals surface area contributed by atoms with E-state index in [-0.39, 0.29) is 0 Å². The van der Waals surface area contributed by atoms with Crippen molar-refractivity contribution in [1.29, 1.82) is 0 Å². The fourth-order valence-corrected chi connectivity index (χ4v) is 2.09. The van der Waals surface area contributed by atoms with Crippen molar-refractivity contribution in [2.24, 2.45) is 0 Å². The summed E-state index contributed by atoms with van der Waals surface area (Å²) in [5.74, 6) is 0. The van der Waals surface area contributed by atoms with Crippen molar-refractivity contribution >= 4 is 0 Å². The van der Waals surface area contributed by atoms with Crippen LogP contribution in [0.3, 0.4) is 0 Å². The summed E-state index contributed by atoms with van der Waals surface area (Å²) in [6, 6.07) is 0.794. The highest BCUT2D eigenvalue weighted by atomic mass is 16.2. The molecule has 0 saturated carbocycles. The minimum atomic E-state index is 0.357. The Morgan fingerprint density at radius 3 is 2.77 bits per heavy atom. The summed E-state index contributed by atoms with van der Waals surface area (Å²) < 4.78 is 0. The largest absolute Gasteiger partial charge is 0.396 e. The monoisotopic (exact) mass is 185 g/mol. The van der Waals surface area contributed by atoms with Gasteiger partial charge in [0.05, 0.1) is 0 Å². The molecule has 1 atom stereocenters. The molecule has 78 valence electrons. The van der Waals surface area contributed by atoms with Crippen molar-refractivity contribution in [3.63, 3.8) is 0 Å². The van der Waals surface area contributed by atoms with E-state index >= 15 is 0 Å². The van der Waals surface area contributed by atoms with Crippen LogP contribution in [-0.4, -0.2) is 35.7 Å². The van der Waals surface area contributed by atoms with Crippen LogP contribution in [0, 0.1) is 0 Å². The average Bonchev–Trinajstić information content (AvgIpc) is 2.15. The van der Waals surface area contributed by atoms with Gasteiger partial charge in [0, 0.05) is 12.6 Å². The molecule has 0 amide bonds. The number of hydrogen-bond donors (Lipinski definition) is 1. The van der Waals surface area contributed by atoms with Gasteiger partial charge in [-0.25, -0.2) is 0 Å². The summed E-state index contributed by atoms with van der Waals surface area (Å²) >= 11 is 0. The Hall–Kier alpha value is -0.0800. The first-order valence-electron chi connectivity index (χ1n) is 5.69. The predicted octanol–water partition coefficient (Wildman–Crippen LogP) is 2.02. The lowest BCUT2D eigenvalue weighted by molar-refractivity contribution is 0.156. The normalized spacial score (nSPS) is 24.9. The number of aliphatic hydroxyl groups is 1. The van der Waals surface area contributed by atoms with Gasteiger partial charge in [0.15, 0.2) is 0 Å². The van der Waals surface area contributed by atoms with Gasteiger partial charge >= 0.3 is 0 Å². The zero-order valence-corrected chi connectivity index (χ0v) is 8.84. The van der Waals surface area contributed by atoms with E-state index in [2.05, 4.69) is 11.8 Å². The molecular formula is C11H23NO. The lowest BCUT2D eigenvalue weighted by atomic mass is 10.0. The Balaban J connectivity index is 2.05. The van der Waals surface area contributed by atoms with Crippen molar-refractivity contribution in [1.82, 2.24) is 4.90 Å². The average molecular weight is 185 g/mol. The second-order valence-electron chi connectivity index (χ2n) is 4.17. The van der Waals surface area contributed by atoms with Crippen LogP contribution in [-0.2, 0) is 0 Å². The van der Waals surface area contributed by atoms with Crippen LogP contribution in [0.4, 0.5) is 0 Å². The van der Waals surface area contributed by atoms with Crippen LogP contribution in [0.25, 0.3) is 0 Å². The molecule has 0 spiro atoms. The summed E-state index contributed by atoms with van der Waals surface area (Å²) in [6.45, 7) is 5.22. The number of nitrogens with zero attached hydrogens (tertiary/aromatic N) is 1. The van der Waals surface area contributed by atoms with E-state index in [0.717, 1.165) is 12.5 Å². The van der Waals surface area contributed by atoms with Crippen LogP contribution < -0.4 is 0 Å². The lowest BCUT2D eigenvalue weighted by Crippen LogP contribution is -2.37. The van der Waals surface area contributed by atoms with Crippen molar-refractivity contribution in [3.05, 3.63) is 0 Å². The molecule has 1 aliphatic rings. The fraction of sp³-hybridized carbons (Fsp3) is 1.00. The van der Waals surface area contributed by atoms with Crippen LogP contribution in [0.15, 0.2) is 0 Å². The van der Waals surface area contributed by atoms with Crippen LogP contribution in [0.1, 0.15) is 45.4 Å². The Kier molecular flexibility index (Phi) is 5.40. The molecule has 1 heterocycles. The maximum absolute atomic E-state index is 8.64. The van der Waals surface area contributed by atoms with Gasteiger partial charge in [0.25, 0.3) is 0 Å². The second kappa shape index (κ2) is 6.39. The van der Waals surface area contributed by atoms with Gasteiger partial charge in [-0.1, -0.05) is 6.42 Å². The maximum atomic E-state index is 8.64. The molecule has 1 saturated heterocycles. The van der Waals surface area contributed by atoms with Gasteiger partial charge in [-0.2, -0.15) is 0 Å². The van der Waals surface area contributed by atoms with Crippen molar-refractivity contribution < 1.29 is 5.11 Å². The van der Waals surface area contributed by atoms with Gasteiger partial charge in [-0.05, 0) is 52.1 Å². The Bertz CT molecular complexity index is 127. The zero-order chi connectivity index (χ0) is 9.52. The highest BCUT2D eigenvalue weighted by Gasteiger charge is 2.16. The number of hydrogen-bond acceptors (Lipinski definition) is 2. The molecule has 1 fully saturated rings. The number of piperidine rings is 1. The zero-order valence-electron chi connectivity index (χ0n) is 8.84.